The van der Waals surface area contributed by atoms with Gasteiger partial charge in [0.05, 0.1) is 14.2 Å². The Balaban J connectivity index is 1.83. The van der Waals surface area contributed by atoms with Crippen LogP contribution in [0.15, 0.2) is 36.4 Å². The van der Waals surface area contributed by atoms with E-state index in [1.54, 1.807) is 26.2 Å². The van der Waals surface area contributed by atoms with Gasteiger partial charge in [0, 0.05) is 24.5 Å². The van der Waals surface area contributed by atoms with E-state index in [2.05, 4.69) is 31.0 Å². The zero-order chi connectivity index (χ0) is 18.8. The topological polar surface area (TPSA) is 54.6 Å². The van der Waals surface area contributed by atoms with E-state index in [0.717, 1.165) is 22.0 Å². The van der Waals surface area contributed by atoms with Gasteiger partial charge in [-0.25, -0.2) is 0 Å². The first-order valence-electron chi connectivity index (χ1n) is 8.49. The normalized spacial score (nSPS) is 10.8. The Labute approximate surface area is 153 Å². The molecular formula is C21H24N2O3. The minimum Gasteiger partial charge on any atom is -0.493 e. The lowest BCUT2D eigenvalue weighted by molar-refractivity contribution is 0.0780. The molecule has 2 aromatic carbocycles. The molecule has 0 spiro atoms. The van der Waals surface area contributed by atoms with Crippen molar-refractivity contribution in [2.75, 3.05) is 21.3 Å². The van der Waals surface area contributed by atoms with Gasteiger partial charge in [-0.1, -0.05) is 12.1 Å². The highest BCUT2D eigenvalue weighted by Crippen LogP contribution is 2.28. The Morgan fingerprint density at radius 3 is 2.46 bits per heavy atom. The van der Waals surface area contributed by atoms with Crippen LogP contribution in [0.5, 0.6) is 11.5 Å². The smallest absolute Gasteiger partial charge is 0.270 e. The number of carbonyl (C=O) groups is 1. The number of H-pyrrole nitrogens is 1. The molecule has 5 nitrogen and oxygen atoms in total. The molecule has 1 N–H and O–H groups in total. The van der Waals surface area contributed by atoms with Crippen LogP contribution in [0.2, 0.25) is 0 Å². The number of aromatic nitrogens is 1. The minimum atomic E-state index is -0.0481. The monoisotopic (exact) mass is 352 g/mol. The lowest BCUT2D eigenvalue weighted by Gasteiger charge is -2.17. The van der Waals surface area contributed by atoms with Crippen LogP contribution in [0.4, 0.5) is 0 Å². The standard InChI is InChI=1S/C21H24N2O3/c1-13-8-14(2)16-11-18(22-17(16)9-13)21(24)23(3)12-15-6-7-19(25-4)20(10-15)26-5/h6-11,22H,12H2,1-5H3. The van der Waals surface area contributed by atoms with Crippen LogP contribution in [0, 0.1) is 13.8 Å². The number of methoxy groups -OCH3 is 2. The molecule has 0 aliphatic heterocycles. The third-order valence-corrected chi connectivity index (χ3v) is 4.53. The molecule has 136 valence electrons. The van der Waals surface area contributed by atoms with Crippen molar-refractivity contribution in [3.63, 3.8) is 0 Å². The SMILES string of the molecule is COc1ccc(CN(C)C(=O)c2cc3c(C)cc(C)cc3[nH]2)cc1OC. The largest absolute Gasteiger partial charge is 0.493 e. The number of ether oxygens (including phenoxy) is 2. The molecular weight excluding hydrogens is 328 g/mol. The first-order valence-corrected chi connectivity index (χ1v) is 8.49. The van der Waals surface area contributed by atoms with Gasteiger partial charge in [0.2, 0.25) is 0 Å². The molecule has 0 aliphatic carbocycles. The summed E-state index contributed by atoms with van der Waals surface area (Å²) in [5.41, 5.74) is 4.90. The predicted molar refractivity (Wildman–Crippen MR) is 103 cm³/mol. The molecule has 0 radical (unpaired) electrons. The van der Waals surface area contributed by atoms with Gasteiger partial charge in [-0.3, -0.25) is 4.79 Å². The average Bonchev–Trinajstić information content (AvgIpc) is 3.05. The van der Waals surface area contributed by atoms with Crippen LogP contribution >= 0.6 is 0 Å². The van der Waals surface area contributed by atoms with Crippen molar-refractivity contribution in [1.29, 1.82) is 0 Å². The van der Waals surface area contributed by atoms with Crippen molar-refractivity contribution in [3.05, 3.63) is 58.8 Å². The Morgan fingerprint density at radius 1 is 1.04 bits per heavy atom. The number of aromatic amines is 1. The maximum absolute atomic E-state index is 12.8. The summed E-state index contributed by atoms with van der Waals surface area (Å²) in [7, 11) is 5.00. The summed E-state index contributed by atoms with van der Waals surface area (Å²) in [6.07, 6.45) is 0. The Kier molecular flexibility index (Phi) is 4.89. The van der Waals surface area contributed by atoms with Gasteiger partial charge in [0.25, 0.3) is 5.91 Å². The van der Waals surface area contributed by atoms with Gasteiger partial charge in [-0.05, 0) is 54.8 Å². The molecule has 1 heterocycles. The highest BCUT2D eigenvalue weighted by Gasteiger charge is 2.16. The van der Waals surface area contributed by atoms with Gasteiger partial charge in [0.15, 0.2) is 11.5 Å². The summed E-state index contributed by atoms with van der Waals surface area (Å²) < 4.78 is 10.6. The lowest BCUT2D eigenvalue weighted by atomic mass is 10.1. The lowest BCUT2D eigenvalue weighted by Crippen LogP contribution is -2.26. The molecule has 26 heavy (non-hydrogen) atoms. The third kappa shape index (κ3) is 3.38. The number of benzene rings is 2. The van der Waals surface area contributed by atoms with E-state index in [9.17, 15) is 4.79 Å². The molecule has 0 aliphatic rings. The van der Waals surface area contributed by atoms with Gasteiger partial charge < -0.3 is 19.4 Å². The summed E-state index contributed by atoms with van der Waals surface area (Å²) in [6, 6.07) is 11.8. The van der Waals surface area contributed by atoms with E-state index in [-0.39, 0.29) is 5.91 Å². The van der Waals surface area contributed by atoms with Crippen molar-refractivity contribution >= 4 is 16.8 Å². The van der Waals surface area contributed by atoms with Gasteiger partial charge in [-0.15, -0.1) is 0 Å². The van der Waals surface area contributed by atoms with E-state index in [0.29, 0.717) is 23.7 Å². The van der Waals surface area contributed by atoms with Gasteiger partial charge >= 0.3 is 0 Å². The number of carbonyl (C=O) groups excluding carboxylic acids is 1. The highest BCUT2D eigenvalue weighted by atomic mass is 16.5. The second-order valence-corrected chi connectivity index (χ2v) is 6.58. The fourth-order valence-electron chi connectivity index (χ4n) is 3.24. The van der Waals surface area contributed by atoms with Crippen LogP contribution in [0.1, 0.15) is 27.2 Å². The summed E-state index contributed by atoms with van der Waals surface area (Å²) in [5, 5.41) is 1.08. The summed E-state index contributed by atoms with van der Waals surface area (Å²) in [5.74, 6) is 1.28. The van der Waals surface area contributed by atoms with E-state index in [1.165, 1.54) is 5.56 Å². The number of fused-ring (bicyclic) bond motifs is 1. The number of nitrogens with one attached hydrogen (secondary N) is 1. The second-order valence-electron chi connectivity index (χ2n) is 6.58. The summed E-state index contributed by atoms with van der Waals surface area (Å²) >= 11 is 0. The molecule has 0 unspecified atom stereocenters. The number of rotatable bonds is 5. The van der Waals surface area contributed by atoms with E-state index >= 15 is 0 Å². The molecule has 0 saturated heterocycles. The molecule has 5 heteroatoms. The van der Waals surface area contributed by atoms with Crippen molar-refractivity contribution in [3.8, 4) is 11.5 Å². The quantitative estimate of drug-likeness (QED) is 0.753. The zero-order valence-electron chi connectivity index (χ0n) is 15.8. The molecule has 0 saturated carbocycles. The Hall–Kier alpha value is -2.95. The highest BCUT2D eigenvalue weighted by molar-refractivity contribution is 5.98. The maximum Gasteiger partial charge on any atom is 0.270 e. The third-order valence-electron chi connectivity index (χ3n) is 4.53. The number of aryl methyl sites for hydroxylation is 2. The second kappa shape index (κ2) is 7.12. The first-order chi connectivity index (χ1) is 12.4. The summed E-state index contributed by atoms with van der Waals surface area (Å²) in [6.45, 7) is 4.59. The molecule has 0 atom stereocenters. The maximum atomic E-state index is 12.8. The number of hydrogen-bond acceptors (Lipinski definition) is 3. The van der Waals surface area contributed by atoms with Crippen LogP contribution in [-0.2, 0) is 6.54 Å². The van der Waals surface area contributed by atoms with Crippen molar-refractivity contribution < 1.29 is 14.3 Å². The van der Waals surface area contributed by atoms with Crippen LogP contribution in [0.3, 0.4) is 0 Å². The minimum absolute atomic E-state index is 0.0481. The number of hydrogen-bond donors (Lipinski definition) is 1. The average molecular weight is 352 g/mol. The number of nitrogens with zero attached hydrogens (tertiary/aromatic N) is 1. The van der Waals surface area contributed by atoms with Crippen LogP contribution < -0.4 is 9.47 Å². The number of amides is 1. The zero-order valence-corrected chi connectivity index (χ0v) is 15.8. The molecule has 3 aromatic rings. The van der Waals surface area contributed by atoms with E-state index in [4.69, 9.17) is 9.47 Å². The Morgan fingerprint density at radius 2 is 1.77 bits per heavy atom. The fourth-order valence-corrected chi connectivity index (χ4v) is 3.24. The van der Waals surface area contributed by atoms with Crippen molar-refractivity contribution in [2.45, 2.75) is 20.4 Å². The summed E-state index contributed by atoms with van der Waals surface area (Å²) in [4.78, 5) is 17.8. The molecule has 0 bridgehead atoms. The fraction of sp³-hybridized carbons (Fsp3) is 0.286. The molecule has 3 rings (SSSR count). The molecule has 0 fully saturated rings. The predicted octanol–water partition coefficient (Wildman–Crippen LogP) is 4.07. The van der Waals surface area contributed by atoms with Gasteiger partial charge in [-0.2, -0.15) is 0 Å². The Bertz CT molecular complexity index is 959. The first kappa shape index (κ1) is 17.9. The van der Waals surface area contributed by atoms with Crippen molar-refractivity contribution in [1.82, 2.24) is 9.88 Å². The van der Waals surface area contributed by atoms with E-state index < -0.39 is 0 Å². The molecule has 1 aromatic heterocycles. The van der Waals surface area contributed by atoms with Crippen LogP contribution in [0.25, 0.3) is 10.9 Å². The van der Waals surface area contributed by atoms with Gasteiger partial charge in [0.1, 0.15) is 5.69 Å². The van der Waals surface area contributed by atoms with Crippen molar-refractivity contribution in [2.24, 2.45) is 0 Å². The van der Waals surface area contributed by atoms with E-state index in [1.807, 2.05) is 24.3 Å². The van der Waals surface area contributed by atoms with Crippen LogP contribution in [-0.4, -0.2) is 37.1 Å². The molecule has 1 amide bonds.